The fraction of sp³-hybridized carbons (Fsp3) is 0.409. The van der Waals surface area contributed by atoms with Crippen LogP contribution in [0.1, 0.15) is 43.4 Å². The lowest BCUT2D eigenvalue weighted by Gasteiger charge is -2.10. The second-order valence-electron chi connectivity index (χ2n) is 7.20. The number of carbonyl (C=O) groups is 1. The summed E-state index contributed by atoms with van der Waals surface area (Å²) in [6, 6.07) is 8.29. The van der Waals surface area contributed by atoms with E-state index >= 15 is 0 Å². The summed E-state index contributed by atoms with van der Waals surface area (Å²) in [5, 5.41) is 3.29. The van der Waals surface area contributed by atoms with Crippen molar-refractivity contribution in [3.05, 3.63) is 57.6 Å². The van der Waals surface area contributed by atoms with Crippen LogP contribution < -0.4 is 10.9 Å². The predicted molar refractivity (Wildman–Crippen MR) is 114 cm³/mol. The van der Waals surface area contributed by atoms with Gasteiger partial charge < -0.3 is 19.6 Å². The number of hydrogen-bond donors (Lipinski definition) is 2. The van der Waals surface area contributed by atoms with Crippen molar-refractivity contribution >= 4 is 22.8 Å². The van der Waals surface area contributed by atoms with Crippen LogP contribution in [0.15, 0.2) is 35.4 Å². The number of nitrogens with one attached hydrogen (secondary N) is 2. The fourth-order valence-electron chi connectivity index (χ4n) is 3.38. The molecule has 0 aliphatic rings. The third kappa shape index (κ3) is 5.25. The minimum absolute atomic E-state index is 0.166. The maximum atomic E-state index is 12.6. The second-order valence-corrected chi connectivity index (χ2v) is 7.20. The molecule has 0 aliphatic heterocycles. The number of nitrogens with zero attached hydrogens (tertiary/aromatic N) is 2. The standard InChI is InChI=1S/C22H28N4O3/c1-4-18-11-17(8-7-15(18)2)13-23-20-12-19-21(22(28)25-20)26(14-24-19)9-5-6-10-29-16(3)27/h7-8,11-12,14H,4-6,9-10,13H2,1-3H3,(H2,23,25,28). The zero-order valence-corrected chi connectivity index (χ0v) is 17.2. The third-order valence-electron chi connectivity index (χ3n) is 4.99. The molecule has 0 saturated carbocycles. The molecule has 3 rings (SSSR count). The molecule has 0 aliphatic carbocycles. The van der Waals surface area contributed by atoms with Gasteiger partial charge in [-0.2, -0.15) is 0 Å². The molecule has 7 nitrogen and oxygen atoms in total. The second kappa shape index (κ2) is 9.41. The van der Waals surface area contributed by atoms with Crippen LogP contribution in [0.2, 0.25) is 0 Å². The highest BCUT2D eigenvalue weighted by Gasteiger charge is 2.09. The number of rotatable bonds is 9. The highest BCUT2D eigenvalue weighted by Crippen LogP contribution is 2.16. The number of carbonyl (C=O) groups excluding carboxylic acids is 1. The van der Waals surface area contributed by atoms with Crippen molar-refractivity contribution in [3.63, 3.8) is 0 Å². The van der Waals surface area contributed by atoms with Crippen LogP contribution in [0.5, 0.6) is 0 Å². The van der Waals surface area contributed by atoms with E-state index in [-0.39, 0.29) is 11.5 Å². The van der Waals surface area contributed by atoms with Crippen molar-refractivity contribution in [2.75, 3.05) is 11.9 Å². The number of unbranched alkanes of at least 4 members (excludes halogenated alkanes) is 1. The highest BCUT2D eigenvalue weighted by atomic mass is 16.5. The number of aromatic amines is 1. The Morgan fingerprint density at radius 1 is 1.28 bits per heavy atom. The van der Waals surface area contributed by atoms with Gasteiger partial charge in [-0.25, -0.2) is 4.98 Å². The fourth-order valence-corrected chi connectivity index (χ4v) is 3.38. The van der Waals surface area contributed by atoms with E-state index in [9.17, 15) is 9.59 Å². The van der Waals surface area contributed by atoms with Gasteiger partial charge in [-0.1, -0.05) is 25.1 Å². The van der Waals surface area contributed by atoms with Crippen LogP contribution in [-0.2, 0) is 29.0 Å². The Morgan fingerprint density at radius 2 is 2.10 bits per heavy atom. The Labute approximate surface area is 170 Å². The number of pyridine rings is 1. The molecular formula is C22H28N4O3. The molecule has 2 N–H and O–H groups in total. The first-order valence-corrected chi connectivity index (χ1v) is 10.0. The average Bonchev–Trinajstić information content (AvgIpc) is 3.10. The number of esters is 1. The molecule has 0 radical (unpaired) electrons. The summed E-state index contributed by atoms with van der Waals surface area (Å²) in [4.78, 5) is 30.7. The first-order valence-electron chi connectivity index (χ1n) is 10.0. The molecule has 0 bridgehead atoms. The number of aromatic nitrogens is 3. The van der Waals surface area contributed by atoms with Gasteiger partial charge in [0.2, 0.25) is 0 Å². The number of benzene rings is 1. The number of aryl methyl sites for hydroxylation is 3. The van der Waals surface area contributed by atoms with E-state index < -0.39 is 0 Å². The number of imidazole rings is 1. The number of ether oxygens (including phenoxy) is 1. The molecule has 2 heterocycles. The first kappa shape index (κ1) is 20.6. The summed E-state index contributed by atoms with van der Waals surface area (Å²) >= 11 is 0. The lowest BCUT2D eigenvalue weighted by Crippen LogP contribution is -2.14. The number of anilines is 1. The van der Waals surface area contributed by atoms with Crippen molar-refractivity contribution in [1.82, 2.24) is 14.5 Å². The molecule has 29 heavy (non-hydrogen) atoms. The third-order valence-corrected chi connectivity index (χ3v) is 4.99. The molecule has 1 aromatic carbocycles. The Hall–Kier alpha value is -3.09. The van der Waals surface area contributed by atoms with E-state index in [0.29, 0.717) is 36.5 Å². The first-order chi connectivity index (χ1) is 14.0. The smallest absolute Gasteiger partial charge is 0.302 e. The quantitative estimate of drug-likeness (QED) is 0.426. The largest absolute Gasteiger partial charge is 0.466 e. The molecule has 0 unspecified atom stereocenters. The van der Waals surface area contributed by atoms with Gasteiger partial charge in [0, 0.05) is 26.1 Å². The molecule has 7 heteroatoms. The van der Waals surface area contributed by atoms with Gasteiger partial charge in [0.15, 0.2) is 0 Å². The predicted octanol–water partition coefficient (Wildman–Crippen LogP) is 3.55. The number of H-pyrrole nitrogens is 1. The maximum absolute atomic E-state index is 12.6. The van der Waals surface area contributed by atoms with Gasteiger partial charge in [0.25, 0.3) is 5.56 Å². The minimum atomic E-state index is -0.272. The van der Waals surface area contributed by atoms with E-state index in [1.165, 1.54) is 23.6 Å². The van der Waals surface area contributed by atoms with Crippen molar-refractivity contribution in [3.8, 4) is 0 Å². The molecule has 0 spiro atoms. The lowest BCUT2D eigenvalue weighted by atomic mass is 10.0. The van der Waals surface area contributed by atoms with E-state index in [4.69, 9.17) is 4.74 Å². The minimum Gasteiger partial charge on any atom is -0.466 e. The molecule has 0 amide bonds. The molecule has 2 aromatic heterocycles. The monoisotopic (exact) mass is 396 g/mol. The zero-order chi connectivity index (χ0) is 20.8. The Bertz CT molecular complexity index is 1050. The lowest BCUT2D eigenvalue weighted by molar-refractivity contribution is -0.141. The Morgan fingerprint density at radius 3 is 2.86 bits per heavy atom. The topological polar surface area (TPSA) is 89.0 Å². The maximum Gasteiger partial charge on any atom is 0.302 e. The van der Waals surface area contributed by atoms with Crippen LogP contribution >= 0.6 is 0 Å². The van der Waals surface area contributed by atoms with E-state index in [1.54, 1.807) is 6.33 Å². The van der Waals surface area contributed by atoms with Gasteiger partial charge in [-0.05, 0) is 42.9 Å². The normalized spacial score (nSPS) is 11.0. The molecule has 0 fully saturated rings. The molecule has 154 valence electrons. The summed E-state index contributed by atoms with van der Waals surface area (Å²) in [6.45, 7) is 7.34. The van der Waals surface area contributed by atoms with Crippen LogP contribution in [0.4, 0.5) is 5.82 Å². The number of fused-ring (bicyclic) bond motifs is 1. The Kier molecular flexibility index (Phi) is 6.69. The summed E-state index contributed by atoms with van der Waals surface area (Å²) in [5.74, 6) is 0.382. The molecule has 0 atom stereocenters. The molecule has 0 saturated heterocycles. The van der Waals surface area contributed by atoms with E-state index in [2.05, 4.69) is 47.3 Å². The molecular weight excluding hydrogens is 368 g/mol. The summed E-state index contributed by atoms with van der Waals surface area (Å²) in [5.41, 5.74) is 4.86. The van der Waals surface area contributed by atoms with E-state index in [1.807, 2.05) is 10.6 Å². The van der Waals surface area contributed by atoms with Crippen molar-refractivity contribution in [2.24, 2.45) is 0 Å². The van der Waals surface area contributed by atoms with Crippen LogP contribution in [-0.4, -0.2) is 27.1 Å². The van der Waals surface area contributed by atoms with Crippen LogP contribution in [0.25, 0.3) is 11.0 Å². The summed E-state index contributed by atoms with van der Waals surface area (Å²) < 4.78 is 6.78. The van der Waals surface area contributed by atoms with Crippen molar-refractivity contribution in [2.45, 2.75) is 53.1 Å². The van der Waals surface area contributed by atoms with Gasteiger partial charge in [0.05, 0.1) is 18.5 Å². The summed E-state index contributed by atoms with van der Waals surface area (Å²) in [7, 11) is 0. The van der Waals surface area contributed by atoms with Crippen molar-refractivity contribution < 1.29 is 9.53 Å². The van der Waals surface area contributed by atoms with E-state index in [0.717, 1.165) is 19.3 Å². The van der Waals surface area contributed by atoms with Crippen molar-refractivity contribution in [1.29, 1.82) is 0 Å². The number of hydrogen-bond acceptors (Lipinski definition) is 5. The van der Waals surface area contributed by atoms with Gasteiger partial charge >= 0.3 is 5.97 Å². The SMILES string of the molecule is CCc1cc(CNc2cc3ncn(CCCCOC(C)=O)c3c(=O)[nH]2)ccc1C. The summed E-state index contributed by atoms with van der Waals surface area (Å²) in [6.07, 6.45) is 4.22. The molecule has 3 aromatic rings. The van der Waals surface area contributed by atoms with Gasteiger partial charge in [-0.15, -0.1) is 0 Å². The van der Waals surface area contributed by atoms with Gasteiger partial charge in [0.1, 0.15) is 11.3 Å². The highest BCUT2D eigenvalue weighted by molar-refractivity contribution is 5.77. The van der Waals surface area contributed by atoms with Crippen LogP contribution in [0, 0.1) is 6.92 Å². The van der Waals surface area contributed by atoms with Crippen LogP contribution in [0.3, 0.4) is 0 Å². The average molecular weight is 396 g/mol. The Balaban J connectivity index is 1.66. The zero-order valence-electron chi connectivity index (χ0n) is 17.2. The van der Waals surface area contributed by atoms with Gasteiger partial charge in [-0.3, -0.25) is 9.59 Å².